The quantitative estimate of drug-likeness (QED) is 0.238. The summed E-state index contributed by atoms with van der Waals surface area (Å²) in [6.45, 7) is 11.8. The molecule has 5 rings (SSSR count). The summed E-state index contributed by atoms with van der Waals surface area (Å²) in [6.07, 6.45) is 14.8. The maximum Gasteiger partial charge on any atom is 0.407 e. The number of nitrogens with zero attached hydrogens (tertiary/aromatic N) is 1. The number of nitrogens with one attached hydrogen (secondary N) is 1. The Morgan fingerprint density at radius 3 is 2.45 bits per heavy atom. The number of allylic oxidation sites excluding steroid dienone is 1. The molecule has 4 aliphatic carbocycles. The molecule has 4 fully saturated rings. The molecule has 1 saturated heterocycles. The lowest BCUT2D eigenvalue weighted by atomic mass is 9.47. The molecular formula is C34H52N2O6. The highest BCUT2D eigenvalue weighted by atomic mass is 16.7. The van der Waals surface area contributed by atoms with E-state index >= 15 is 0 Å². The third-order valence-electron chi connectivity index (χ3n) is 12.1. The summed E-state index contributed by atoms with van der Waals surface area (Å²) >= 11 is 0. The average molecular weight is 585 g/mol. The van der Waals surface area contributed by atoms with Gasteiger partial charge in [-0.3, -0.25) is 9.59 Å². The number of hydrogen-bond acceptors (Lipinski definition) is 6. The summed E-state index contributed by atoms with van der Waals surface area (Å²) in [5.74, 6) is 2.75. The van der Waals surface area contributed by atoms with Crippen LogP contribution in [0.25, 0.3) is 0 Å². The SMILES string of the molecule is CC(C)CCC[C@@H](C)[C@H]1CC[C@H]2[C@@H]3CC=C4C[C@@H](OC(=O)NCC(=O)ON5C(=O)CCC5=O)CC[C@]4(C)[C@H]3CC[C@]12C. The molecular weight excluding hydrogens is 532 g/mol. The Kier molecular flexibility index (Phi) is 9.11. The van der Waals surface area contributed by atoms with Crippen LogP contribution in [-0.4, -0.2) is 41.6 Å². The van der Waals surface area contributed by atoms with Gasteiger partial charge in [-0.2, -0.15) is 0 Å². The van der Waals surface area contributed by atoms with E-state index < -0.39 is 30.4 Å². The molecule has 8 nitrogen and oxygen atoms in total. The molecule has 1 heterocycles. The van der Waals surface area contributed by atoms with Gasteiger partial charge in [-0.05, 0) is 91.3 Å². The predicted octanol–water partition coefficient (Wildman–Crippen LogP) is 6.73. The molecule has 0 aromatic heterocycles. The Morgan fingerprint density at radius 2 is 1.74 bits per heavy atom. The Bertz CT molecular complexity index is 1090. The van der Waals surface area contributed by atoms with Crippen molar-refractivity contribution in [1.29, 1.82) is 0 Å². The fourth-order valence-corrected chi connectivity index (χ4v) is 9.88. The number of alkyl carbamates (subject to hydrolysis) is 1. The summed E-state index contributed by atoms with van der Waals surface area (Å²) in [5.41, 5.74) is 2.08. The van der Waals surface area contributed by atoms with Crippen molar-refractivity contribution < 1.29 is 28.8 Å². The third kappa shape index (κ3) is 6.01. The fraction of sp³-hybridized carbons (Fsp3) is 0.824. The first-order valence-corrected chi connectivity index (χ1v) is 16.6. The van der Waals surface area contributed by atoms with Gasteiger partial charge in [-0.15, -0.1) is 5.06 Å². The van der Waals surface area contributed by atoms with Crippen molar-refractivity contribution >= 4 is 23.9 Å². The highest BCUT2D eigenvalue weighted by Gasteiger charge is 2.59. The fourth-order valence-electron chi connectivity index (χ4n) is 9.88. The van der Waals surface area contributed by atoms with Crippen LogP contribution in [-0.2, 0) is 24.0 Å². The maximum absolute atomic E-state index is 12.5. The van der Waals surface area contributed by atoms with Gasteiger partial charge in [-0.1, -0.05) is 65.5 Å². The van der Waals surface area contributed by atoms with Crippen LogP contribution in [0.15, 0.2) is 11.6 Å². The average Bonchev–Trinajstić information content (AvgIpc) is 3.45. The molecule has 0 bridgehead atoms. The van der Waals surface area contributed by atoms with Crippen molar-refractivity contribution in [2.24, 2.45) is 46.3 Å². The maximum atomic E-state index is 12.5. The molecule has 234 valence electrons. The Labute approximate surface area is 251 Å². The summed E-state index contributed by atoms with van der Waals surface area (Å²) in [7, 11) is 0. The van der Waals surface area contributed by atoms with Gasteiger partial charge in [0.25, 0.3) is 11.8 Å². The lowest BCUT2D eigenvalue weighted by Crippen LogP contribution is -2.51. The number of amides is 3. The predicted molar refractivity (Wildman–Crippen MR) is 158 cm³/mol. The molecule has 3 amide bonds. The Balaban J connectivity index is 1.14. The number of hydrogen-bond donors (Lipinski definition) is 1. The lowest BCUT2D eigenvalue weighted by molar-refractivity contribution is -0.196. The molecule has 1 aliphatic heterocycles. The van der Waals surface area contributed by atoms with Crippen molar-refractivity contribution in [3.63, 3.8) is 0 Å². The van der Waals surface area contributed by atoms with E-state index in [0.717, 1.165) is 55.3 Å². The van der Waals surface area contributed by atoms with E-state index in [1.807, 2.05) is 0 Å². The van der Waals surface area contributed by atoms with Gasteiger partial charge in [0.2, 0.25) is 0 Å². The molecule has 0 aromatic carbocycles. The number of fused-ring (bicyclic) bond motifs is 5. The number of hydroxylamine groups is 2. The molecule has 0 spiro atoms. The van der Waals surface area contributed by atoms with Crippen molar-refractivity contribution in [2.45, 2.75) is 124 Å². The largest absolute Gasteiger partial charge is 0.446 e. The second-order valence-corrected chi connectivity index (χ2v) is 15.0. The van der Waals surface area contributed by atoms with Gasteiger partial charge >= 0.3 is 12.1 Å². The monoisotopic (exact) mass is 584 g/mol. The van der Waals surface area contributed by atoms with Crippen molar-refractivity contribution in [3.8, 4) is 0 Å². The molecule has 1 N–H and O–H groups in total. The van der Waals surface area contributed by atoms with Crippen molar-refractivity contribution in [3.05, 3.63) is 11.6 Å². The minimum atomic E-state index is -0.879. The summed E-state index contributed by atoms with van der Waals surface area (Å²) in [4.78, 5) is 52.6. The number of carbonyl (C=O) groups excluding carboxylic acids is 4. The first-order chi connectivity index (χ1) is 19.9. The van der Waals surface area contributed by atoms with Crippen LogP contribution in [0, 0.1) is 46.3 Å². The number of carbonyl (C=O) groups is 4. The van der Waals surface area contributed by atoms with E-state index in [-0.39, 0.29) is 24.4 Å². The van der Waals surface area contributed by atoms with E-state index in [1.54, 1.807) is 0 Å². The van der Waals surface area contributed by atoms with Crippen LogP contribution in [0.3, 0.4) is 0 Å². The lowest BCUT2D eigenvalue weighted by Gasteiger charge is -2.58. The van der Waals surface area contributed by atoms with E-state index in [4.69, 9.17) is 9.57 Å². The third-order valence-corrected chi connectivity index (χ3v) is 12.1. The first kappa shape index (κ1) is 31.1. The van der Waals surface area contributed by atoms with Crippen LogP contribution in [0.4, 0.5) is 4.79 Å². The van der Waals surface area contributed by atoms with Gasteiger partial charge in [-0.25, -0.2) is 9.59 Å². The molecule has 0 radical (unpaired) electrons. The highest BCUT2D eigenvalue weighted by Crippen LogP contribution is 2.67. The minimum Gasteiger partial charge on any atom is -0.446 e. The smallest absolute Gasteiger partial charge is 0.407 e. The zero-order valence-electron chi connectivity index (χ0n) is 26.4. The summed E-state index contributed by atoms with van der Waals surface area (Å²) in [5, 5.41) is 2.90. The van der Waals surface area contributed by atoms with Crippen LogP contribution < -0.4 is 5.32 Å². The van der Waals surface area contributed by atoms with Crippen molar-refractivity contribution in [2.75, 3.05) is 6.54 Å². The summed E-state index contributed by atoms with van der Waals surface area (Å²) < 4.78 is 5.71. The molecule has 5 aliphatic rings. The second-order valence-electron chi connectivity index (χ2n) is 15.0. The highest BCUT2D eigenvalue weighted by molar-refractivity contribution is 6.01. The number of imide groups is 1. The molecule has 0 unspecified atom stereocenters. The molecule has 0 aromatic rings. The van der Waals surface area contributed by atoms with E-state index in [2.05, 4.69) is 46.0 Å². The zero-order chi connectivity index (χ0) is 30.2. The van der Waals surface area contributed by atoms with Gasteiger partial charge in [0.1, 0.15) is 12.6 Å². The Hall–Kier alpha value is -2.38. The van der Waals surface area contributed by atoms with Crippen LogP contribution in [0.1, 0.15) is 118 Å². The zero-order valence-corrected chi connectivity index (χ0v) is 26.4. The molecule has 42 heavy (non-hydrogen) atoms. The van der Waals surface area contributed by atoms with Crippen LogP contribution >= 0.6 is 0 Å². The molecule has 3 saturated carbocycles. The van der Waals surface area contributed by atoms with Gasteiger partial charge in [0.05, 0.1) is 0 Å². The normalized spacial score (nSPS) is 36.6. The van der Waals surface area contributed by atoms with Gasteiger partial charge in [0.15, 0.2) is 0 Å². The molecule has 8 atom stereocenters. The second kappa shape index (κ2) is 12.3. The van der Waals surface area contributed by atoms with Gasteiger partial charge < -0.3 is 14.9 Å². The first-order valence-electron chi connectivity index (χ1n) is 16.6. The van der Waals surface area contributed by atoms with E-state index in [9.17, 15) is 19.2 Å². The van der Waals surface area contributed by atoms with E-state index in [0.29, 0.717) is 16.4 Å². The number of ether oxygens (including phenoxy) is 1. The molecule has 8 heteroatoms. The van der Waals surface area contributed by atoms with E-state index in [1.165, 1.54) is 50.5 Å². The van der Waals surface area contributed by atoms with Crippen molar-refractivity contribution in [1.82, 2.24) is 10.4 Å². The number of rotatable bonds is 9. The van der Waals surface area contributed by atoms with Gasteiger partial charge in [0, 0.05) is 19.3 Å². The summed E-state index contributed by atoms with van der Waals surface area (Å²) in [6, 6.07) is 0. The topological polar surface area (TPSA) is 102 Å². The Morgan fingerprint density at radius 1 is 1.00 bits per heavy atom. The standard InChI is InChI=1S/C34H52N2O6/c1-21(2)7-6-8-22(3)26-11-12-27-25-10-9-23-19-24(15-17-33(23,4)28(25)16-18-34(26,27)5)41-32(40)35-20-31(39)42-36-29(37)13-14-30(36)38/h9,21-22,24-28H,6-8,10-20H2,1-5H3,(H,35,40)/t22-,24+,25+,26-,27+,28+,33+,34-/m1/s1. The van der Waals surface area contributed by atoms with Crippen LogP contribution in [0.5, 0.6) is 0 Å². The minimum absolute atomic E-state index is 0.0257. The van der Waals surface area contributed by atoms with Crippen LogP contribution in [0.2, 0.25) is 0 Å².